The van der Waals surface area contributed by atoms with Crippen LogP contribution in [0, 0.1) is 11.3 Å². The van der Waals surface area contributed by atoms with Crippen LogP contribution in [0.5, 0.6) is 5.75 Å². The van der Waals surface area contributed by atoms with Crippen molar-refractivity contribution in [3.63, 3.8) is 0 Å². The second-order valence-electron chi connectivity index (χ2n) is 2.66. The SMILES string of the molecule is N#C/C=C1\c2ccccc2OC1F. The van der Waals surface area contributed by atoms with Crippen molar-refractivity contribution in [2.75, 3.05) is 0 Å². The minimum atomic E-state index is -1.50. The number of alkyl halides is 1. The van der Waals surface area contributed by atoms with Gasteiger partial charge in [0, 0.05) is 17.2 Å². The molecular weight excluding hydrogens is 169 g/mol. The van der Waals surface area contributed by atoms with E-state index in [4.69, 9.17) is 10.00 Å². The molecule has 0 saturated carbocycles. The van der Waals surface area contributed by atoms with E-state index in [0.717, 1.165) is 0 Å². The lowest BCUT2D eigenvalue weighted by atomic mass is 10.1. The Bertz CT molecular complexity index is 406. The summed E-state index contributed by atoms with van der Waals surface area (Å²) < 4.78 is 18.0. The number of allylic oxidation sites excluding steroid dienone is 1. The quantitative estimate of drug-likeness (QED) is 0.566. The Kier molecular flexibility index (Phi) is 1.75. The van der Waals surface area contributed by atoms with E-state index in [2.05, 4.69) is 0 Å². The summed E-state index contributed by atoms with van der Waals surface area (Å²) in [5.74, 6) is 0.497. The summed E-state index contributed by atoms with van der Waals surface area (Å²) in [7, 11) is 0. The lowest BCUT2D eigenvalue weighted by Gasteiger charge is -1.98. The number of benzene rings is 1. The van der Waals surface area contributed by atoms with Crippen molar-refractivity contribution >= 4 is 5.57 Å². The highest BCUT2D eigenvalue weighted by atomic mass is 19.1. The molecule has 0 spiro atoms. The summed E-state index contributed by atoms with van der Waals surface area (Å²) >= 11 is 0. The van der Waals surface area contributed by atoms with Crippen molar-refractivity contribution in [3.8, 4) is 11.8 Å². The normalized spacial score (nSPS) is 22.2. The minimum absolute atomic E-state index is 0.304. The molecule has 1 aliphatic rings. The fourth-order valence-corrected chi connectivity index (χ4v) is 1.32. The highest BCUT2D eigenvalue weighted by Crippen LogP contribution is 2.37. The van der Waals surface area contributed by atoms with E-state index in [9.17, 15) is 4.39 Å². The molecule has 0 amide bonds. The third-order valence-electron chi connectivity index (χ3n) is 1.89. The zero-order valence-corrected chi connectivity index (χ0v) is 6.70. The average molecular weight is 175 g/mol. The molecular formula is C10H6FNO. The van der Waals surface area contributed by atoms with Crippen LogP contribution in [-0.2, 0) is 0 Å². The molecule has 2 nitrogen and oxygen atoms in total. The Hall–Kier alpha value is -1.82. The van der Waals surface area contributed by atoms with Crippen molar-refractivity contribution in [1.29, 1.82) is 5.26 Å². The van der Waals surface area contributed by atoms with Gasteiger partial charge in [-0.1, -0.05) is 18.2 Å². The van der Waals surface area contributed by atoms with Crippen molar-refractivity contribution in [2.45, 2.75) is 6.36 Å². The van der Waals surface area contributed by atoms with Crippen molar-refractivity contribution in [2.24, 2.45) is 0 Å². The molecule has 1 unspecified atom stereocenters. The minimum Gasteiger partial charge on any atom is -0.455 e. The van der Waals surface area contributed by atoms with E-state index < -0.39 is 6.36 Å². The molecule has 1 aromatic rings. The summed E-state index contributed by atoms with van der Waals surface area (Å²) in [4.78, 5) is 0. The number of nitrogens with zero attached hydrogens (tertiary/aromatic N) is 1. The van der Waals surface area contributed by atoms with Gasteiger partial charge in [0.1, 0.15) is 5.75 Å². The van der Waals surface area contributed by atoms with Crippen LogP contribution >= 0.6 is 0 Å². The van der Waals surface area contributed by atoms with E-state index in [1.54, 1.807) is 30.3 Å². The van der Waals surface area contributed by atoms with Gasteiger partial charge < -0.3 is 4.74 Å². The molecule has 0 radical (unpaired) electrons. The van der Waals surface area contributed by atoms with Gasteiger partial charge in [-0.05, 0) is 6.07 Å². The number of hydrogen-bond donors (Lipinski definition) is 0. The molecule has 1 aromatic carbocycles. The van der Waals surface area contributed by atoms with Crippen molar-refractivity contribution in [1.82, 2.24) is 0 Å². The second-order valence-corrected chi connectivity index (χ2v) is 2.66. The Morgan fingerprint density at radius 3 is 3.00 bits per heavy atom. The van der Waals surface area contributed by atoms with Gasteiger partial charge in [0.2, 0.25) is 0 Å². The Labute approximate surface area is 74.9 Å². The largest absolute Gasteiger partial charge is 0.455 e. The fraction of sp³-hybridized carbons (Fsp3) is 0.100. The third-order valence-corrected chi connectivity index (χ3v) is 1.89. The Morgan fingerprint density at radius 2 is 2.23 bits per heavy atom. The van der Waals surface area contributed by atoms with Crippen molar-refractivity contribution in [3.05, 3.63) is 35.9 Å². The van der Waals surface area contributed by atoms with Gasteiger partial charge in [-0.3, -0.25) is 0 Å². The van der Waals surface area contributed by atoms with E-state index in [1.807, 2.05) is 0 Å². The standard InChI is InChI=1S/C10H6FNO/c11-10-8(5-6-12)7-3-1-2-4-9(7)13-10/h1-5,10H/b8-5+. The molecule has 2 rings (SSSR count). The van der Waals surface area contributed by atoms with Gasteiger partial charge in [0.15, 0.2) is 0 Å². The summed E-state index contributed by atoms with van der Waals surface area (Å²) in [6.45, 7) is 0. The first-order valence-corrected chi connectivity index (χ1v) is 3.83. The monoisotopic (exact) mass is 175 g/mol. The predicted molar refractivity (Wildman–Crippen MR) is 45.6 cm³/mol. The Balaban J connectivity index is 2.54. The van der Waals surface area contributed by atoms with Crippen LogP contribution in [0.3, 0.4) is 0 Å². The molecule has 0 fully saturated rings. The molecule has 1 atom stereocenters. The molecule has 0 aliphatic carbocycles. The van der Waals surface area contributed by atoms with Crippen LogP contribution in [0.1, 0.15) is 5.56 Å². The second kappa shape index (κ2) is 2.91. The summed E-state index contributed by atoms with van der Waals surface area (Å²) in [5.41, 5.74) is 0.967. The molecule has 0 N–H and O–H groups in total. The highest BCUT2D eigenvalue weighted by molar-refractivity contribution is 5.77. The van der Waals surface area contributed by atoms with Gasteiger partial charge >= 0.3 is 0 Å². The van der Waals surface area contributed by atoms with Crippen LogP contribution in [0.15, 0.2) is 30.3 Å². The molecule has 1 heterocycles. The number of rotatable bonds is 0. The molecule has 0 saturated heterocycles. The number of ether oxygens (including phenoxy) is 1. The van der Waals surface area contributed by atoms with E-state index in [1.165, 1.54) is 6.08 Å². The lowest BCUT2D eigenvalue weighted by Crippen LogP contribution is -2.02. The number of halogens is 1. The van der Waals surface area contributed by atoms with Crippen molar-refractivity contribution < 1.29 is 9.13 Å². The highest BCUT2D eigenvalue weighted by Gasteiger charge is 2.27. The zero-order valence-electron chi connectivity index (χ0n) is 6.70. The van der Waals surface area contributed by atoms with E-state index in [-0.39, 0.29) is 0 Å². The first-order chi connectivity index (χ1) is 6.33. The first-order valence-electron chi connectivity index (χ1n) is 3.83. The predicted octanol–water partition coefficient (Wildman–Crippen LogP) is 2.28. The maximum Gasteiger partial charge on any atom is 0.265 e. The third kappa shape index (κ3) is 1.17. The van der Waals surface area contributed by atoms with Crippen LogP contribution in [0.2, 0.25) is 0 Å². The smallest absolute Gasteiger partial charge is 0.265 e. The maximum absolute atomic E-state index is 13.1. The number of para-hydroxylation sites is 1. The molecule has 1 aliphatic heterocycles. The molecule has 0 bridgehead atoms. The van der Waals surface area contributed by atoms with E-state index in [0.29, 0.717) is 16.9 Å². The van der Waals surface area contributed by atoms with Crippen LogP contribution in [0.25, 0.3) is 5.57 Å². The zero-order chi connectivity index (χ0) is 9.26. The van der Waals surface area contributed by atoms with E-state index >= 15 is 0 Å². The number of fused-ring (bicyclic) bond motifs is 1. The van der Waals surface area contributed by atoms with Gasteiger partial charge in [-0.15, -0.1) is 0 Å². The number of hydrogen-bond acceptors (Lipinski definition) is 2. The Morgan fingerprint density at radius 1 is 1.46 bits per heavy atom. The fourth-order valence-electron chi connectivity index (χ4n) is 1.32. The lowest BCUT2D eigenvalue weighted by molar-refractivity contribution is 0.137. The molecule has 13 heavy (non-hydrogen) atoms. The van der Waals surface area contributed by atoms with Gasteiger partial charge in [0.25, 0.3) is 6.36 Å². The van der Waals surface area contributed by atoms with Crippen LogP contribution < -0.4 is 4.74 Å². The summed E-state index contributed by atoms with van der Waals surface area (Å²) in [6, 6.07) is 8.76. The summed E-state index contributed by atoms with van der Waals surface area (Å²) in [6.07, 6.45) is -0.326. The summed E-state index contributed by atoms with van der Waals surface area (Å²) in [5, 5.41) is 8.42. The van der Waals surface area contributed by atoms with Gasteiger partial charge in [-0.2, -0.15) is 9.65 Å². The topological polar surface area (TPSA) is 33.0 Å². The van der Waals surface area contributed by atoms with Gasteiger partial charge in [-0.25, -0.2) is 0 Å². The maximum atomic E-state index is 13.1. The molecule has 0 aromatic heterocycles. The average Bonchev–Trinajstić information content (AvgIpc) is 2.44. The van der Waals surface area contributed by atoms with Gasteiger partial charge in [0.05, 0.1) is 6.07 Å². The molecule has 64 valence electrons. The number of nitriles is 1. The van der Waals surface area contributed by atoms with Crippen LogP contribution in [0.4, 0.5) is 4.39 Å². The van der Waals surface area contributed by atoms with Crippen LogP contribution in [-0.4, -0.2) is 6.36 Å². The first kappa shape index (κ1) is 7.81. The molecule has 3 heteroatoms.